The summed E-state index contributed by atoms with van der Waals surface area (Å²) in [6, 6.07) is 20.9. The molecule has 4 heteroatoms. The third kappa shape index (κ3) is 3.63. The molecule has 0 saturated carbocycles. The van der Waals surface area contributed by atoms with Crippen molar-refractivity contribution in [1.82, 2.24) is 0 Å². The average molecular weight is 326 g/mol. The van der Waals surface area contributed by atoms with Crippen LogP contribution < -0.4 is 10.1 Å². The number of benzene rings is 3. The molecule has 0 spiro atoms. The maximum atomic E-state index is 12.2. The average Bonchev–Trinajstić information content (AvgIpc) is 2.56. The van der Waals surface area contributed by atoms with E-state index in [1.165, 1.54) is 0 Å². The highest BCUT2D eigenvalue weighted by molar-refractivity contribution is 6.33. The van der Waals surface area contributed by atoms with Gasteiger partial charge >= 0.3 is 0 Å². The topological polar surface area (TPSA) is 38.3 Å². The molecule has 0 unspecified atom stereocenters. The van der Waals surface area contributed by atoms with Crippen molar-refractivity contribution in [1.29, 1.82) is 0 Å². The molecule has 0 radical (unpaired) electrons. The first-order valence-corrected chi connectivity index (χ1v) is 7.72. The van der Waals surface area contributed by atoms with Crippen LogP contribution in [-0.4, -0.2) is 12.0 Å². The first kappa shape index (κ1) is 15.4. The van der Waals surface area contributed by atoms with Crippen molar-refractivity contribution in [3.63, 3.8) is 0 Å². The largest absolute Gasteiger partial charge is 0.481 e. The summed E-state index contributed by atoms with van der Waals surface area (Å²) in [5, 5.41) is 5.48. The third-order valence-corrected chi connectivity index (χ3v) is 3.86. The molecule has 23 heavy (non-hydrogen) atoms. The Morgan fingerprint density at radius 2 is 1.70 bits per heavy atom. The fourth-order valence-corrected chi connectivity index (χ4v) is 2.48. The Hall–Kier alpha value is -2.52. The van der Waals surface area contributed by atoms with Crippen molar-refractivity contribution in [2.45, 2.75) is 13.0 Å². The van der Waals surface area contributed by atoms with Crippen LogP contribution in [0.25, 0.3) is 10.8 Å². The molecule has 1 N–H and O–H groups in total. The Kier molecular flexibility index (Phi) is 4.49. The minimum absolute atomic E-state index is 0.244. The van der Waals surface area contributed by atoms with E-state index in [1.807, 2.05) is 54.6 Å². The molecule has 0 aliphatic carbocycles. The van der Waals surface area contributed by atoms with Crippen molar-refractivity contribution < 1.29 is 9.53 Å². The molecular weight excluding hydrogens is 310 g/mol. The van der Waals surface area contributed by atoms with Crippen molar-refractivity contribution in [3.8, 4) is 5.75 Å². The van der Waals surface area contributed by atoms with Gasteiger partial charge in [0.15, 0.2) is 6.10 Å². The van der Waals surface area contributed by atoms with E-state index in [0.29, 0.717) is 16.5 Å². The Morgan fingerprint density at radius 1 is 1.00 bits per heavy atom. The van der Waals surface area contributed by atoms with Crippen LogP contribution in [0.2, 0.25) is 5.02 Å². The van der Waals surface area contributed by atoms with Crippen molar-refractivity contribution in [2.75, 3.05) is 5.32 Å². The molecule has 0 aliphatic rings. The van der Waals surface area contributed by atoms with Crippen molar-refractivity contribution in [3.05, 3.63) is 71.8 Å². The van der Waals surface area contributed by atoms with E-state index < -0.39 is 6.10 Å². The predicted molar refractivity (Wildman–Crippen MR) is 94.1 cm³/mol. The SMILES string of the molecule is C[C@@H](Oc1ccc2ccccc2c1)C(=O)Nc1ccccc1Cl. The van der Waals surface area contributed by atoms with E-state index in [0.717, 1.165) is 10.8 Å². The van der Waals surface area contributed by atoms with E-state index >= 15 is 0 Å². The van der Waals surface area contributed by atoms with Gasteiger partial charge in [-0.1, -0.05) is 54.1 Å². The number of amides is 1. The Morgan fingerprint density at radius 3 is 2.48 bits per heavy atom. The maximum Gasteiger partial charge on any atom is 0.265 e. The summed E-state index contributed by atoms with van der Waals surface area (Å²) in [4.78, 5) is 12.2. The van der Waals surface area contributed by atoms with Gasteiger partial charge < -0.3 is 10.1 Å². The molecule has 0 bridgehead atoms. The number of anilines is 1. The standard InChI is InChI=1S/C19H16ClNO2/c1-13(19(22)21-18-9-5-4-8-17(18)20)23-16-11-10-14-6-2-3-7-15(14)12-16/h2-13H,1H3,(H,21,22)/t13-/m1/s1. The highest BCUT2D eigenvalue weighted by Crippen LogP contribution is 2.23. The summed E-state index contributed by atoms with van der Waals surface area (Å²) in [7, 11) is 0. The van der Waals surface area contributed by atoms with Crippen molar-refractivity contribution >= 4 is 34.0 Å². The van der Waals surface area contributed by atoms with Crippen molar-refractivity contribution in [2.24, 2.45) is 0 Å². The number of ether oxygens (including phenoxy) is 1. The highest BCUT2D eigenvalue weighted by atomic mass is 35.5. The van der Waals surface area contributed by atoms with Crippen LogP contribution in [0.3, 0.4) is 0 Å². The maximum absolute atomic E-state index is 12.2. The number of halogens is 1. The molecule has 0 aromatic heterocycles. The molecular formula is C19H16ClNO2. The molecule has 3 aromatic carbocycles. The predicted octanol–water partition coefficient (Wildman–Crippen LogP) is 4.90. The van der Waals surface area contributed by atoms with Gasteiger partial charge in [0.1, 0.15) is 5.75 Å². The first-order valence-electron chi connectivity index (χ1n) is 7.34. The lowest BCUT2D eigenvalue weighted by Gasteiger charge is -2.15. The van der Waals surface area contributed by atoms with Gasteiger partial charge in [0, 0.05) is 0 Å². The van der Waals surface area contributed by atoms with Gasteiger partial charge in [0.05, 0.1) is 10.7 Å². The van der Waals surface area contributed by atoms with Gasteiger partial charge in [0.2, 0.25) is 0 Å². The van der Waals surface area contributed by atoms with Crippen LogP contribution in [0.1, 0.15) is 6.92 Å². The molecule has 0 fully saturated rings. The summed E-state index contributed by atoms with van der Waals surface area (Å²) in [5.41, 5.74) is 0.577. The minimum atomic E-state index is -0.632. The molecule has 3 rings (SSSR count). The number of carbonyl (C=O) groups is 1. The van der Waals surface area contributed by atoms with Gasteiger partial charge in [-0.3, -0.25) is 4.79 Å². The van der Waals surface area contributed by atoms with E-state index in [9.17, 15) is 4.79 Å². The van der Waals surface area contributed by atoms with Crippen LogP contribution in [0, 0.1) is 0 Å². The highest BCUT2D eigenvalue weighted by Gasteiger charge is 2.16. The van der Waals surface area contributed by atoms with E-state index in [4.69, 9.17) is 16.3 Å². The number of hydrogen-bond donors (Lipinski definition) is 1. The van der Waals surface area contributed by atoms with Crippen LogP contribution in [0.5, 0.6) is 5.75 Å². The third-order valence-electron chi connectivity index (χ3n) is 3.53. The second-order valence-corrected chi connectivity index (χ2v) is 5.65. The summed E-state index contributed by atoms with van der Waals surface area (Å²) < 4.78 is 5.74. The number of carbonyl (C=O) groups excluding carboxylic acids is 1. The summed E-state index contributed by atoms with van der Waals surface area (Å²) in [6.45, 7) is 1.71. The number of rotatable bonds is 4. The van der Waals surface area contributed by atoms with Gasteiger partial charge in [0.25, 0.3) is 5.91 Å². The zero-order chi connectivity index (χ0) is 16.2. The monoisotopic (exact) mass is 325 g/mol. The fourth-order valence-electron chi connectivity index (χ4n) is 2.30. The number of para-hydroxylation sites is 1. The lowest BCUT2D eigenvalue weighted by atomic mass is 10.1. The number of nitrogens with one attached hydrogen (secondary N) is 1. The zero-order valence-corrected chi connectivity index (χ0v) is 13.4. The number of hydrogen-bond acceptors (Lipinski definition) is 2. The van der Waals surface area contributed by atoms with E-state index in [2.05, 4.69) is 5.32 Å². The van der Waals surface area contributed by atoms with Crippen LogP contribution >= 0.6 is 11.6 Å². The van der Waals surface area contributed by atoms with Crippen LogP contribution in [-0.2, 0) is 4.79 Å². The van der Waals surface area contributed by atoms with E-state index in [-0.39, 0.29) is 5.91 Å². The first-order chi connectivity index (χ1) is 11.1. The van der Waals surface area contributed by atoms with Gasteiger partial charge in [-0.2, -0.15) is 0 Å². The summed E-state index contributed by atoms with van der Waals surface area (Å²) >= 11 is 6.04. The van der Waals surface area contributed by atoms with Crippen LogP contribution in [0.15, 0.2) is 66.7 Å². The Balaban J connectivity index is 1.71. The molecule has 3 aromatic rings. The number of fused-ring (bicyclic) bond motifs is 1. The second kappa shape index (κ2) is 6.71. The normalized spacial score (nSPS) is 11.9. The smallest absolute Gasteiger partial charge is 0.265 e. The van der Waals surface area contributed by atoms with E-state index in [1.54, 1.807) is 19.1 Å². The summed E-state index contributed by atoms with van der Waals surface area (Å²) in [6.07, 6.45) is -0.632. The molecule has 0 saturated heterocycles. The molecule has 116 valence electrons. The second-order valence-electron chi connectivity index (χ2n) is 5.24. The lowest BCUT2D eigenvalue weighted by Crippen LogP contribution is -2.30. The molecule has 0 aliphatic heterocycles. The zero-order valence-electron chi connectivity index (χ0n) is 12.6. The molecule has 0 heterocycles. The van der Waals surface area contributed by atoms with Gasteiger partial charge in [-0.05, 0) is 42.0 Å². The Bertz CT molecular complexity index is 847. The quantitative estimate of drug-likeness (QED) is 0.741. The minimum Gasteiger partial charge on any atom is -0.481 e. The molecule has 1 amide bonds. The molecule has 1 atom stereocenters. The molecule has 3 nitrogen and oxygen atoms in total. The van der Waals surface area contributed by atoms with Gasteiger partial charge in [-0.25, -0.2) is 0 Å². The lowest BCUT2D eigenvalue weighted by molar-refractivity contribution is -0.122. The van der Waals surface area contributed by atoms with Gasteiger partial charge in [-0.15, -0.1) is 0 Å². The fraction of sp³-hybridized carbons (Fsp3) is 0.105. The Labute approximate surface area is 139 Å². The summed E-state index contributed by atoms with van der Waals surface area (Å²) in [5.74, 6) is 0.414. The van der Waals surface area contributed by atoms with Crippen LogP contribution in [0.4, 0.5) is 5.69 Å².